The molecule has 0 aliphatic heterocycles. The molecule has 0 saturated heterocycles. The Morgan fingerprint density at radius 2 is 1.54 bits per heavy atom. The Morgan fingerprint density at radius 3 is 2.12 bits per heavy atom. The van der Waals surface area contributed by atoms with E-state index in [4.69, 9.17) is 9.47 Å². The Morgan fingerprint density at radius 1 is 0.923 bits per heavy atom. The summed E-state index contributed by atoms with van der Waals surface area (Å²) in [6, 6.07) is 20.3. The van der Waals surface area contributed by atoms with E-state index in [1.807, 2.05) is 43.3 Å². The first-order valence-electron chi connectivity index (χ1n) is 9.47. The first kappa shape index (κ1) is 20.2. The molecule has 0 unspecified atom stereocenters. The molecule has 0 bridgehead atoms. The van der Waals surface area contributed by atoms with E-state index in [0.29, 0.717) is 25.6 Å². The van der Waals surface area contributed by atoms with Gasteiger partial charge in [-0.2, -0.15) is 0 Å². The van der Waals surface area contributed by atoms with Gasteiger partial charge in [0.25, 0.3) is 0 Å². The van der Waals surface area contributed by atoms with Crippen LogP contribution in [0.1, 0.15) is 50.8 Å². The zero-order valence-electron chi connectivity index (χ0n) is 16.1. The minimum atomic E-state index is -0.157. The molecule has 0 aromatic heterocycles. The fourth-order valence-corrected chi connectivity index (χ4v) is 3.12. The first-order chi connectivity index (χ1) is 12.6. The van der Waals surface area contributed by atoms with Gasteiger partial charge in [-0.1, -0.05) is 74.5 Å². The van der Waals surface area contributed by atoms with Gasteiger partial charge in [0, 0.05) is 0 Å². The maximum Gasteiger partial charge on any atom is 0.309 e. The molecular formula is C23H30O3. The lowest BCUT2D eigenvalue weighted by atomic mass is 9.89. The lowest BCUT2D eigenvalue weighted by molar-refractivity contribution is -0.150. The highest BCUT2D eigenvalue weighted by Gasteiger charge is 2.26. The zero-order valence-corrected chi connectivity index (χ0v) is 16.1. The quantitative estimate of drug-likeness (QED) is 0.524. The topological polar surface area (TPSA) is 35.5 Å². The van der Waals surface area contributed by atoms with E-state index < -0.39 is 0 Å². The van der Waals surface area contributed by atoms with Gasteiger partial charge < -0.3 is 9.47 Å². The number of ether oxygens (including phenoxy) is 2. The van der Waals surface area contributed by atoms with Gasteiger partial charge in [0.1, 0.15) is 0 Å². The Bertz CT molecular complexity index is 637. The molecule has 26 heavy (non-hydrogen) atoms. The lowest BCUT2D eigenvalue weighted by Gasteiger charge is -2.24. The number of carbonyl (C=O) groups excluding carboxylic acids is 1. The molecule has 2 aromatic carbocycles. The van der Waals surface area contributed by atoms with Crippen LogP contribution in [0.4, 0.5) is 0 Å². The lowest BCUT2D eigenvalue weighted by Crippen LogP contribution is -2.23. The van der Waals surface area contributed by atoms with Crippen molar-refractivity contribution in [1.29, 1.82) is 0 Å². The predicted octanol–water partition coefficient (Wildman–Crippen LogP) is 5.56. The second-order valence-corrected chi connectivity index (χ2v) is 7.01. The molecule has 0 fully saturated rings. The van der Waals surface area contributed by atoms with E-state index in [9.17, 15) is 4.79 Å². The summed E-state index contributed by atoms with van der Waals surface area (Å²) in [6.07, 6.45) is 1.30. The number of esters is 1. The van der Waals surface area contributed by atoms with Crippen molar-refractivity contribution in [2.45, 2.75) is 46.3 Å². The van der Waals surface area contributed by atoms with Crippen molar-refractivity contribution in [1.82, 2.24) is 0 Å². The maximum absolute atomic E-state index is 12.4. The summed E-state index contributed by atoms with van der Waals surface area (Å²) in [6.45, 7) is 7.06. The van der Waals surface area contributed by atoms with Gasteiger partial charge in [0.15, 0.2) is 0 Å². The normalized spacial score (nSPS) is 13.4. The number of hydrogen-bond acceptors (Lipinski definition) is 3. The second kappa shape index (κ2) is 10.8. The largest absolute Gasteiger partial charge is 0.466 e. The summed E-state index contributed by atoms with van der Waals surface area (Å²) < 4.78 is 11.6. The van der Waals surface area contributed by atoms with E-state index >= 15 is 0 Å². The smallest absolute Gasteiger partial charge is 0.309 e. The summed E-state index contributed by atoms with van der Waals surface area (Å²) >= 11 is 0. The monoisotopic (exact) mass is 354 g/mol. The van der Waals surface area contributed by atoms with Crippen LogP contribution in [-0.2, 0) is 20.9 Å². The fraction of sp³-hybridized carbons (Fsp3) is 0.435. The Hall–Kier alpha value is -2.13. The standard InChI is InChI=1S/C23H30O3/c1-4-25-23(24)21(15-18(2)3)16-22(20-13-9-6-10-14-20)26-17-19-11-7-5-8-12-19/h5-14,18,21-22H,4,15-17H2,1-3H3/t21-,22-/m0/s1. The van der Waals surface area contributed by atoms with Crippen molar-refractivity contribution >= 4 is 5.97 Å². The van der Waals surface area contributed by atoms with E-state index in [-0.39, 0.29) is 18.0 Å². The van der Waals surface area contributed by atoms with Crippen LogP contribution in [0.5, 0.6) is 0 Å². The van der Waals surface area contributed by atoms with E-state index in [1.165, 1.54) is 0 Å². The SMILES string of the molecule is CCOC(=O)[C@@H](CC(C)C)C[C@H](OCc1ccccc1)c1ccccc1. The Labute approximate surface area is 157 Å². The number of hydrogen-bond donors (Lipinski definition) is 0. The van der Waals surface area contributed by atoms with Crippen LogP contribution < -0.4 is 0 Å². The van der Waals surface area contributed by atoms with Crippen molar-refractivity contribution in [3.05, 3.63) is 71.8 Å². The van der Waals surface area contributed by atoms with Gasteiger partial charge >= 0.3 is 5.97 Å². The van der Waals surface area contributed by atoms with Crippen molar-refractivity contribution in [2.75, 3.05) is 6.61 Å². The molecule has 0 amide bonds. The van der Waals surface area contributed by atoms with Gasteiger partial charge in [0.05, 0.1) is 25.2 Å². The van der Waals surface area contributed by atoms with Gasteiger partial charge in [-0.15, -0.1) is 0 Å². The van der Waals surface area contributed by atoms with Crippen LogP contribution in [-0.4, -0.2) is 12.6 Å². The minimum Gasteiger partial charge on any atom is -0.466 e. The van der Waals surface area contributed by atoms with Gasteiger partial charge in [-0.25, -0.2) is 0 Å². The van der Waals surface area contributed by atoms with Crippen molar-refractivity contribution in [2.24, 2.45) is 11.8 Å². The third kappa shape index (κ3) is 6.64. The summed E-state index contributed by atoms with van der Waals surface area (Å²) in [5, 5.41) is 0. The Kier molecular flexibility index (Phi) is 8.36. The highest BCUT2D eigenvalue weighted by atomic mass is 16.5. The number of carbonyl (C=O) groups is 1. The van der Waals surface area contributed by atoms with Crippen molar-refractivity contribution in [3.8, 4) is 0 Å². The highest BCUT2D eigenvalue weighted by Crippen LogP contribution is 2.30. The third-order valence-electron chi connectivity index (χ3n) is 4.34. The van der Waals surface area contributed by atoms with Crippen LogP contribution in [0, 0.1) is 11.8 Å². The zero-order chi connectivity index (χ0) is 18.8. The van der Waals surface area contributed by atoms with Crippen LogP contribution in [0.3, 0.4) is 0 Å². The molecule has 3 nitrogen and oxygen atoms in total. The van der Waals surface area contributed by atoms with Crippen molar-refractivity contribution in [3.63, 3.8) is 0 Å². The Balaban J connectivity index is 2.14. The average Bonchev–Trinajstić information content (AvgIpc) is 2.65. The summed E-state index contributed by atoms with van der Waals surface area (Å²) in [5.74, 6) is 0.149. The molecule has 0 saturated carbocycles. The summed E-state index contributed by atoms with van der Waals surface area (Å²) in [4.78, 5) is 12.4. The summed E-state index contributed by atoms with van der Waals surface area (Å²) in [5.41, 5.74) is 2.23. The molecule has 2 aromatic rings. The first-order valence-corrected chi connectivity index (χ1v) is 9.47. The minimum absolute atomic E-state index is 0.120. The summed E-state index contributed by atoms with van der Waals surface area (Å²) in [7, 11) is 0. The molecule has 0 aliphatic carbocycles. The van der Waals surface area contributed by atoms with E-state index in [1.54, 1.807) is 0 Å². The molecule has 0 radical (unpaired) electrons. The molecule has 0 aliphatic rings. The number of rotatable bonds is 10. The van der Waals surface area contributed by atoms with Crippen LogP contribution in [0.2, 0.25) is 0 Å². The molecule has 2 rings (SSSR count). The maximum atomic E-state index is 12.4. The van der Waals surface area contributed by atoms with Gasteiger partial charge in [-0.3, -0.25) is 4.79 Å². The van der Waals surface area contributed by atoms with Crippen LogP contribution in [0.25, 0.3) is 0 Å². The molecule has 0 spiro atoms. The highest BCUT2D eigenvalue weighted by molar-refractivity contribution is 5.72. The van der Waals surface area contributed by atoms with Crippen molar-refractivity contribution < 1.29 is 14.3 Å². The molecule has 140 valence electrons. The van der Waals surface area contributed by atoms with Crippen LogP contribution >= 0.6 is 0 Å². The molecule has 0 N–H and O–H groups in total. The van der Waals surface area contributed by atoms with Gasteiger partial charge in [0.2, 0.25) is 0 Å². The molecule has 3 heteroatoms. The van der Waals surface area contributed by atoms with E-state index in [2.05, 4.69) is 38.1 Å². The molecule has 2 atom stereocenters. The van der Waals surface area contributed by atoms with Gasteiger partial charge in [-0.05, 0) is 36.8 Å². The average molecular weight is 354 g/mol. The molecular weight excluding hydrogens is 324 g/mol. The molecule has 0 heterocycles. The predicted molar refractivity (Wildman–Crippen MR) is 105 cm³/mol. The third-order valence-corrected chi connectivity index (χ3v) is 4.34. The number of benzene rings is 2. The fourth-order valence-electron chi connectivity index (χ4n) is 3.12. The van der Waals surface area contributed by atoms with E-state index in [0.717, 1.165) is 17.5 Å². The second-order valence-electron chi connectivity index (χ2n) is 7.01. The van der Waals surface area contributed by atoms with Crippen LogP contribution in [0.15, 0.2) is 60.7 Å².